The van der Waals surface area contributed by atoms with Crippen molar-refractivity contribution in [3.63, 3.8) is 0 Å². The first kappa shape index (κ1) is 54.0. The number of benzene rings is 1. The minimum Gasteiger partial charge on any atom is -0.455 e. The molecule has 6 rings (SSSR count). The number of alkyl carbamates (subject to hydrolysis) is 2. The summed E-state index contributed by atoms with van der Waals surface area (Å²) >= 11 is 0. The van der Waals surface area contributed by atoms with Crippen LogP contribution in [0.2, 0.25) is 0 Å². The number of fused-ring (bicyclic) bond motifs is 1. The normalized spacial score (nSPS) is 22.5. The van der Waals surface area contributed by atoms with Crippen LogP contribution in [-0.2, 0) is 57.8 Å². The minimum absolute atomic E-state index is 0.0269. The number of azide groups is 1. The van der Waals surface area contributed by atoms with Crippen molar-refractivity contribution < 1.29 is 80.6 Å². The van der Waals surface area contributed by atoms with Gasteiger partial charge in [0.05, 0.1) is 19.5 Å². The molecular weight excluding hydrogens is 988 g/mol. The number of aromatic nitrogens is 6. The fraction of sp³-hybridized carbons (Fsp3) is 0.526. The molecule has 2 aliphatic rings. The summed E-state index contributed by atoms with van der Waals surface area (Å²) in [5.74, 6) is -1.27. The summed E-state index contributed by atoms with van der Waals surface area (Å²) in [5, 5.41) is 20.3. The average molecular weight is 1040 g/mol. The lowest BCUT2D eigenvalue weighted by molar-refractivity contribution is -0.159. The smallest absolute Gasteiger partial charge is 0.455 e. The van der Waals surface area contributed by atoms with Crippen molar-refractivity contribution in [2.45, 2.75) is 108 Å². The number of aliphatic hydroxyl groups excluding tert-OH is 1. The van der Waals surface area contributed by atoms with Gasteiger partial charge in [-0.2, -0.15) is 4.98 Å². The van der Waals surface area contributed by atoms with Gasteiger partial charge in [0.1, 0.15) is 66.6 Å². The largest absolute Gasteiger partial charge is 0.472 e. The van der Waals surface area contributed by atoms with Crippen LogP contribution >= 0.6 is 15.6 Å². The number of nitrogens with two attached hydrogens (primary N) is 2. The number of imidazole rings is 1. The Balaban J connectivity index is 1.15. The number of unbranched alkanes of at least 4 members (excludes halogenated alkanes) is 1. The molecule has 33 heteroatoms. The lowest BCUT2D eigenvalue weighted by Crippen LogP contribution is -2.47. The molecule has 3 aromatic heterocycles. The molecule has 5 heterocycles. The number of anilines is 2. The fourth-order valence-electron chi connectivity index (χ4n) is 7.09. The Morgan fingerprint density at radius 2 is 1.73 bits per heavy atom. The highest BCUT2D eigenvalue weighted by Crippen LogP contribution is 2.50. The topological polar surface area (TPSA) is 443 Å². The van der Waals surface area contributed by atoms with E-state index in [-0.39, 0.29) is 61.6 Å². The van der Waals surface area contributed by atoms with Gasteiger partial charge in [-0.3, -0.25) is 22.7 Å². The lowest BCUT2D eigenvalue weighted by Gasteiger charge is -2.26. The third-order valence-electron chi connectivity index (χ3n) is 10.3. The Morgan fingerprint density at radius 1 is 1.00 bits per heavy atom. The second-order valence-electron chi connectivity index (χ2n) is 16.7. The van der Waals surface area contributed by atoms with E-state index in [4.69, 9.17) is 49.7 Å². The number of nitrogens with one attached hydrogen (secondary N) is 2. The molecule has 10 N–H and O–H groups in total. The van der Waals surface area contributed by atoms with Gasteiger partial charge < -0.3 is 65.6 Å². The van der Waals surface area contributed by atoms with Crippen molar-refractivity contribution in [2.24, 2.45) is 5.11 Å². The molecule has 2 unspecified atom stereocenters. The van der Waals surface area contributed by atoms with Crippen LogP contribution in [0, 0.1) is 0 Å². The maximum absolute atomic E-state index is 14.1. The zero-order valence-electron chi connectivity index (χ0n) is 38.0. The molecule has 2 saturated heterocycles. The number of carbonyl (C=O) groups is 3. The van der Waals surface area contributed by atoms with E-state index in [1.54, 1.807) is 45.0 Å². The maximum Gasteiger partial charge on any atom is 0.472 e. The fourth-order valence-corrected chi connectivity index (χ4v) is 8.39. The highest BCUT2D eigenvalue weighted by atomic mass is 31.2. The van der Waals surface area contributed by atoms with E-state index in [0.717, 1.165) is 10.9 Å². The summed E-state index contributed by atoms with van der Waals surface area (Å²) in [5.41, 5.74) is 19.4. The molecule has 2 fully saturated rings. The number of aliphatic hydroxyl groups is 1. The van der Waals surface area contributed by atoms with Crippen molar-refractivity contribution in [2.75, 3.05) is 31.2 Å². The Labute approximate surface area is 401 Å². The van der Waals surface area contributed by atoms with Gasteiger partial charge in [-0.25, -0.2) is 43.3 Å². The summed E-state index contributed by atoms with van der Waals surface area (Å²) < 4.78 is 70.9. The molecule has 2 amide bonds. The first-order valence-electron chi connectivity index (χ1n) is 21.4. The predicted molar refractivity (Wildman–Crippen MR) is 240 cm³/mol. The van der Waals surface area contributed by atoms with Crippen LogP contribution in [0.3, 0.4) is 0 Å². The van der Waals surface area contributed by atoms with Crippen molar-refractivity contribution in [1.29, 1.82) is 0 Å². The minimum atomic E-state index is -5.29. The van der Waals surface area contributed by atoms with Crippen molar-refractivity contribution in [3.8, 4) is 0 Å². The molecule has 71 heavy (non-hydrogen) atoms. The number of hydrogen-bond acceptors (Lipinski definition) is 22. The number of hydrogen-bond donors (Lipinski definition) is 8. The highest BCUT2D eigenvalue weighted by molar-refractivity contribution is 7.47. The third kappa shape index (κ3) is 15.3. The Kier molecular flexibility index (Phi) is 17.7. The van der Waals surface area contributed by atoms with E-state index in [1.807, 2.05) is 0 Å². The number of rotatable bonds is 21. The van der Waals surface area contributed by atoms with Gasteiger partial charge in [-0.05, 0) is 57.2 Å². The number of carbonyl (C=O) groups excluding carboxylic acids is 3. The number of nitrogen functional groups attached to an aromatic ring is 2. The summed E-state index contributed by atoms with van der Waals surface area (Å²) in [6, 6.07) is 6.16. The Morgan fingerprint density at radius 3 is 2.42 bits per heavy atom. The van der Waals surface area contributed by atoms with Crippen LogP contribution in [0.5, 0.6) is 0 Å². The van der Waals surface area contributed by atoms with E-state index < -0.39 is 107 Å². The van der Waals surface area contributed by atoms with Crippen LogP contribution < -0.4 is 27.8 Å². The summed E-state index contributed by atoms with van der Waals surface area (Å²) in [6.45, 7) is 2.95. The number of nitrogens with zero attached hydrogens (tertiary/aromatic N) is 9. The molecule has 1 aromatic carbocycles. The van der Waals surface area contributed by atoms with E-state index in [2.05, 4.69) is 45.1 Å². The molecule has 0 saturated carbocycles. The first-order chi connectivity index (χ1) is 33.5. The number of phosphoric ester groups is 2. The van der Waals surface area contributed by atoms with E-state index in [9.17, 15) is 48.1 Å². The Hall–Kier alpha value is -6.33. The predicted octanol–water partition coefficient (Wildman–Crippen LogP) is 2.25. The number of amides is 2. The maximum atomic E-state index is 14.1. The Bertz CT molecular complexity index is 2730. The van der Waals surface area contributed by atoms with Crippen molar-refractivity contribution in [1.82, 2.24) is 39.7 Å². The zero-order chi connectivity index (χ0) is 51.7. The molecule has 0 radical (unpaired) electrons. The van der Waals surface area contributed by atoms with Gasteiger partial charge in [0.2, 0.25) is 0 Å². The van der Waals surface area contributed by atoms with E-state index >= 15 is 0 Å². The second kappa shape index (κ2) is 23.3. The van der Waals surface area contributed by atoms with Crippen LogP contribution in [0.4, 0.5) is 26.9 Å². The molecule has 0 spiro atoms. The molecule has 0 aliphatic carbocycles. The highest BCUT2D eigenvalue weighted by Gasteiger charge is 2.50. The molecule has 4 aromatic rings. The quantitative estimate of drug-likeness (QED) is 0.0113. The van der Waals surface area contributed by atoms with Gasteiger partial charge in [-0.15, -0.1) is 0 Å². The van der Waals surface area contributed by atoms with E-state index in [0.29, 0.717) is 11.3 Å². The van der Waals surface area contributed by atoms with Crippen LogP contribution in [-0.4, -0.2) is 129 Å². The molecule has 2 aliphatic heterocycles. The van der Waals surface area contributed by atoms with Crippen LogP contribution in [0.25, 0.3) is 21.6 Å². The zero-order valence-corrected chi connectivity index (χ0v) is 39.8. The summed E-state index contributed by atoms with van der Waals surface area (Å²) in [6.07, 6.45) is -9.11. The third-order valence-corrected chi connectivity index (χ3v) is 11.8. The molecule has 31 nitrogen and oxygen atoms in total. The average Bonchev–Trinajstić information content (AvgIpc) is 3.98. The molecular formula is C38H51N13O18P2. The summed E-state index contributed by atoms with van der Waals surface area (Å²) in [7, 11) is -10.4. The van der Waals surface area contributed by atoms with Gasteiger partial charge >= 0.3 is 39.5 Å². The molecule has 386 valence electrons. The van der Waals surface area contributed by atoms with Crippen LogP contribution in [0.1, 0.15) is 64.5 Å². The lowest BCUT2D eigenvalue weighted by atomic mass is 10.1. The number of esters is 1. The van der Waals surface area contributed by atoms with Crippen molar-refractivity contribution in [3.05, 3.63) is 75.7 Å². The van der Waals surface area contributed by atoms with Gasteiger partial charge in [0.15, 0.2) is 23.8 Å². The van der Waals surface area contributed by atoms with Crippen LogP contribution in [0.15, 0.2) is 59.1 Å². The van der Waals surface area contributed by atoms with Crippen molar-refractivity contribution >= 4 is 62.3 Å². The summed E-state index contributed by atoms with van der Waals surface area (Å²) in [4.78, 5) is 100. The number of ether oxygens (including phenoxy) is 5. The van der Waals surface area contributed by atoms with Gasteiger partial charge in [0, 0.05) is 29.8 Å². The number of phosphoric acid groups is 2. The molecule has 0 bridgehead atoms. The van der Waals surface area contributed by atoms with Gasteiger partial charge in [0.25, 0.3) is 0 Å². The van der Waals surface area contributed by atoms with Gasteiger partial charge in [-0.1, -0.05) is 29.4 Å². The second-order valence-corrected chi connectivity index (χ2v) is 19.3. The van der Waals surface area contributed by atoms with E-state index in [1.165, 1.54) is 23.2 Å². The monoisotopic (exact) mass is 1040 g/mol. The first-order valence-corrected chi connectivity index (χ1v) is 24.4. The SMILES string of the molecule is CC(C)(C)OC(=O)N[C@@H](CCCCNC(=O)OCc1ccc(N=[N+]=[N-])cc1)C(=O)O[C@H]1[C@@H](O)[C@H](n2cnc3c(N)ncnc32)O[C@@H]1COP(=O)(O)O[C@H]1CC(n2ccc(N)nc2=O)O[C@@H]1COP(=O)(O)O. The molecule has 9 atom stereocenters. The standard InChI is InChI=1S/C38H51N13O18P2/c1-38(2,3)68-37(56)46-22(6-4-5-12-42-36(55)62-15-20-7-9-21(10-8-20)48-49-41)34(53)67-30-25(66-33(29(30)52)51-19-45-28-31(40)43-18-44-32(28)51)17-64-71(60,61)69-23-14-27(50-13-11-26(39)47-35(50)54)65-24(23)16-63-70(57,58)59/h7-11,13,18-19,22-25,27,29-30,33,52H,4-6,12,14-17H2,1-3H3,(H,42,55)(H,46,56)(H,60,61)(H2,39,47,54)(H2,40,43,44)(H2,57,58,59)/t22-,23-,24+,25+,27?,29+,30+,33+/m0/s1.